The number of aromatic nitrogens is 2. The number of nitrogens with zero attached hydrogens (tertiary/aromatic N) is 2. The number of aliphatic hydroxyl groups is 1. The Bertz CT molecular complexity index is 1000. The molecule has 0 spiro atoms. The summed E-state index contributed by atoms with van der Waals surface area (Å²) in [7, 11) is 0. The topological polar surface area (TPSA) is 159 Å². The van der Waals surface area contributed by atoms with Crippen molar-refractivity contribution in [2.45, 2.75) is 38.1 Å². The Morgan fingerprint density at radius 1 is 1.09 bits per heavy atom. The van der Waals surface area contributed by atoms with E-state index in [0.29, 0.717) is 54.5 Å². The first kappa shape index (κ1) is 27.1. The molecular formula is C23H32N6O4S. The molecule has 1 aliphatic heterocycles. The number of benzene rings is 1. The predicted octanol–water partition coefficient (Wildman–Crippen LogP) is 1.19. The number of aryl methyl sites for hydroxylation is 2. The van der Waals surface area contributed by atoms with Crippen LogP contribution in [0.2, 0.25) is 0 Å². The van der Waals surface area contributed by atoms with Crippen LogP contribution >= 0.6 is 11.8 Å². The lowest BCUT2D eigenvalue weighted by molar-refractivity contribution is -0.120. The Hall–Kier alpha value is -3.18. The molecule has 10 nitrogen and oxygen atoms in total. The molecule has 0 saturated carbocycles. The minimum atomic E-state index is -0.108. The summed E-state index contributed by atoms with van der Waals surface area (Å²) in [5, 5.41) is 16.8. The van der Waals surface area contributed by atoms with Crippen molar-refractivity contribution in [1.29, 1.82) is 0 Å². The van der Waals surface area contributed by atoms with Crippen LogP contribution in [-0.4, -0.2) is 65.3 Å². The first-order valence-electron chi connectivity index (χ1n) is 11.1. The van der Waals surface area contributed by atoms with Crippen molar-refractivity contribution in [3.8, 4) is 11.3 Å². The van der Waals surface area contributed by atoms with Crippen molar-refractivity contribution >= 4 is 35.9 Å². The van der Waals surface area contributed by atoms with E-state index >= 15 is 0 Å². The van der Waals surface area contributed by atoms with Gasteiger partial charge in [-0.15, -0.1) is 11.8 Å². The number of carbonyl (C=O) groups excluding carboxylic acids is 3. The van der Waals surface area contributed by atoms with E-state index in [1.807, 2.05) is 32.0 Å². The van der Waals surface area contributed by atoms with E-state index in [1.54, 1.807) is 0 Å². The maximum atomic E-state index is 12.7. The first-order chi connectivity index (χ1) is 16.3. The van der Waals surface area contributed by atoms with Crippen molar-refractivity contribution in [1.82, 2.24) is 25.9 Å². The molecule has 1 aromatic carbocycles. The van der Waals surface area contributed by atoms with E-state index in [9.17, 15) is 14.4 Å². The fourth-order valence-corrected chi connectivity index (χ4v) is 4.11. The third kappa shape index (κ3) is 8.64. The Kier molecular flexibility index (Phi) is 11.3. The van der Waals surface area contributed by atoms with Gasteiger partial charge in [0.1, 0.15) is 5.03 Å². The van der Waals surface area contributed by atoms with Crippen molar-refractivity contribution < 1.29 is 19.5 Å². The summed E-state index contributed by atoms with van der Waals surface area (Å²) in [4.78, 5) is 42.6. The third-order valence-electron chi connectivity index (χ3n) is 4.94. The van der Waals surface area contributed by atoms with Gasteiger partial charge in [0.25, 0.3) is 5.91 Å². The molecular weight excluding hydrogens is 456 g/mol. The lowest BCUT2D eigenvalue weighted by Gasteiger charge is -2.13. The van der Waals surface area contributed by atoms with Gasteiger partial charge in [-0.25, -0.2) is 9.97 Å². The minimum Gasteiger partial charge on any atom is -0.395 e. The lowest BCUT2D eigenvalue weighted by atomic mass is 9.97. The van der Waals surface area contributed by atoms with E-state index < -0.39 is 0 Å². The van der Waals surface area contributed by atoms with Crippen molar-refractivity contribution in [3.63, 3.8) is 0 Å². The molecule has 0 saturated heterocycles. The Morgan fingerprint density at radius 3 is 2.47 bits per heavy atom. The quantitative estimate of drug-likeness (QED) is 0.245. The number of fused-ring (bicyclic) bond motifs is 5. The second-order valence-corrected chi connectivity index (χ2v) is 8.75. The number of hydrogen-bond acceptors (Lipinski definition) is 8. The van der Waals surface area contributed by atoms with Crippen LogP contribution in [0.25, 0.3) is 11.3 Å². The number of thioether (sulfide) groups is 1. The van der Waals surface area contributed by atoms with Crippen LogP contribution in [0.1, 0.15) is 40.7 Å². The molecule has 3 amide bonds. The van der Waals surface area contributed by atoms with Gasteiger partial charge in [-0.2, -0.15) is 0 Å². The molecule has 0 aliphatic carbocycles. The number of amides is 3. The fourth-order valence-electron chi connectivity index (χ4n) is 3.26. The summed E-state index contributed by atoms with van der Waals surface area (Å²) in [6, 6.07) is 5.72. The molecule has 11 heteroatoms. The van der Waals surface area contributed by atoms with E-state index in [4.69, 9.17) is 10.8 Å². The zero-order valence-electron chi connectivity index (χ0n) is 19.5. The number of hydrogen-bond donors (Lipinski definition) is 5. The van der Waals surface area contributed by atoms with E-state index in [2.05, 4.69) is 25.9 Å². The lowest BCUT2D eigenvalue weighted by Crippen LogP contribution is -2.27. The Labute approximate surface area is 203 Å². The average molecular weight is 489 g/mol. The van der Waals surface area contributed by atoms with Gasteiger partial charge in [0.15, 0.2) is 0 Å². The van der Waals surface area contributed by atoms with E-state index in [1.165, 1.54) is 11.8 Å². The summed E-state index contributed by atoms with van der Waals surface area (Å²) in [5.41, 5.74) is 10.0. The molecule has 1 aliphatic rings. The number of aliphatic hydroxyl groups excluding tert-OH is 1. The summed E-state index contributed by atoms with van der Waals surface area (Å²) < 4.78 is 0. The van der Waals surface area contributed by atoms with Gasteiger partial charge in [-0.3, -0.25) is 14.4 Å². The van der Waals surface area contributed by atoms with Gasteiger partial charge in [0.05, 0.1) is 12.3 Å². The average Bonchev–Trinajstić information content (AvgIpc) is 2.79. The van der Waals surface area contributed by atoms with Gasteiger partial charge in [-0.05, 0) is 49.9 Å². The highest BCUT2D eigenvalue weighted by Gasteiger charge is 2.15. The molecule has 184 valence electrons. The van der Waals surface area contributed by atoms with E-state index in [-0.39, 0.29) is 24.4 Å². The standard InChI is InChI=1S/C20H25N5O2S.C3H7NO2/c1-12-9-13(2)15-10-14(12)16-11-18(25-20(21)24-16)28-8-5-17(26)22-6-3-4-7-23-19(15)27;5-2-1-4-3-6/h9-11H,3-8H2,1-2H3,(H,22,26)(H,23,27)(H2,21,24,25);3,5H,1-2H2,(H,4,6). The largest absolute Gasteiger partial charge is 0.395 e. The molecule has 2 heterocycles. The maximum absolute atomic E-state index is 12.7. The SMILES string of the molecule is Cc1cc(C)c2cc1C(=O)NCCCCNC(=O)CCSc1cc-2nc(N)n1.O=CNCCO. The zero-order valence-corrected chi connectivity index (χ0v) is 20.3. The van der Waals surface area contributed by atoms with Gasteiger partial charge in [0, 0.05) is 42.9 Å². The molecule has 0 atom stereocenters. The van der Waals surface area contributed by atoms with Crippen molar-refractivity contribution in [2.24, 2.45) is 0 Å². The van der Waals surface area contributed by atoms with Crippen LogP contribution in [0.3, 0.4) is 0 Å². The number of carbonyl (C=O) groups is 3. The smallest absolute Gasteiger partial charge is 0.251 e. The molecule has 0 fully saturated rings. The molecule has 1 aromatic heterocycles. The van der Waals surface area contributed by atoms with Crippen LogP contribution in [0, 0.1) is 13.8 Å². The van der Waals surface area contributed by atoms with Crippen molar-refractivity contribution in [2.75, 3.05) is 37.7 Å². The number of nitrogens with two attached hydrogens (primary N) is 1. The molecule has 3 rings (SSSR count). The summed E-state index contributed by atoms with van der Waals surface area (Å²) in [6.07, 6.45) is 2.59. The van der Waals surface area contributed by atoms with Crippen molar-refractivity contribution in [3.05, 3.63) is 34.9 Å². The Morgan fingerprint density at radius 2 is 1.79 bits per heavy atom. The third-order valence-corrected chi connectivity index (χ3v) is 5.85. The normalized spacial score (nSPS) is 14.6. The van der Waals surface area contributed by atoms with Gasteiger partial charge in [0.2, 0.25) is 18.3 Å². The monoisotopic (exact) mass is 488 g/mol. The molecule has 4 bridgehead atoms. The highest BCUT2D eigenvalue weighted by atomic mass is 32.2. The van der Waals surface area contributed by atoms with Crippen LogP contribution in [0.4, 0.5) is 5.95 Å². The highest BCUT2D eigenvalue weighted by molar-refractivity contribution is 7.99. The summed E-state index contributed by atoms with van der Waals surface area (Å²) >= 11 is 1.47. The number of nitrogens with one attached hydrogen (secondary N) is 3. The van der Waals surface area contributed by atoms with Gasteiger partial charge in [-0.1, -0.05) is 6.07 Å². The van der Waals surface area contributed by atoms with Crippen LogP contribution in [0.15, 0.2) is 23.2 Å². The van der Waals surface area contributed by atoms with E-state index in [0.717, 1.165) is 29.5 Å². The molecule has 2 aromatic rings. The summed E-state index contributed by atoms with van der Waals surface area (Å²) in [5.74, 6) is 0.693. The van der Waals surface area contributed by atoms with Gasteiger partial charge < -0.3 is 26.8 Å². The number of nitrogen functional groups attached to an aromatic ring is 1. The highest BCUT2D eigenvalue weighted by Crippen LogP contribution is 2.29. The second kappa shape index (κ2) is 14.2. The molecule has 6 N–H and O–H groups in total. The number of anilines is 1. The zero-order chi connectivity index (χ0) is 24.9. The molecule has 34 heavy (non-hydrogen) atoms. The van der Waals surface area contributed by atoms with Crippen LogP contribution in [0.5, 0.6) is 0 Å². The number of rotatable bonds is 3. The van der Waals surface area contributed by atoms with Crippen LogP contribution in [-0.2, 0) is 9.59 Å². The fraction of sp³-hybridized carbons (Fsp3) is 0.435. The summed E-state index contributed by atoms with van der Waals surface area (Å²) in [6.45, 7) is 5.46. The molecule has 0 radical (unpaired) electrons. The predicted molar refractivity (Wildman–Crippen MR) is 132 cm³/mol. The minimum absolute atomic E-state index is 0.0126. The first-order valence-corrected chi connectivity index (χ1v) is 12.1. The van der Waals surface area contributed by atoms with Crippen LogP contribution < -0.4 is 21.7 Å². The molecule has 0 unspecified atom stereocenters. The Balaban J connectivity index is 0.000000604. The van der Waals surface area contributed by atoms with Gasteiger partial charge >= 0.3 is 0 Å². The second-order valence-electron chi connectivity index (χ2n) is 7.64. The maximum Gasteiger partial charge on any atom is 0.251 e.